The Bertz CT molecular complexity index is 2610. The SMILES string of the molecule is CCOC(=O)C1=C2C(=C(Nc3c(C)cccc3C)C(=Nc3c(C)cccc3C)N2c2c(C)cccc2C)N(c2c(C)cccc2C)[C@@]12C(=O)N(C)c1ccc(C)cc12. The zero-order chi connectivity index (χ0) is 41.4. The Morgan fingerprint density at radius 1 is 0.690 bits per heavy atom. The molecule has 1 amide bonds. The molecule has 3 heterocycles. The molecule has 0 fully saturated rings. The number of hydrogen-bond donors (Lipinski definition) is 1. The summed E-state index contributed by atoms with van der Waals surface area (Å²) in [7, 11) is 1.80. The van der Waals surface area contributed by atoms with Crippen molar-refractivity contribution in [2.45, 2.75) is 74.8 Å². The number of rotatable bonds is 7. The minimum atomic E-state index is -1.64. The largest absolute Gasteiger partial charge is 0.462 e. The molecule has 1 spiro atoms. The summed E-state index contributed by atoms with van der Waals surface area (Å²) in [6.07, 6.45) is 0. The number of amidine groups is 1. The minimum Gasteiger partial charge on any atom is -0.462 e. The maximum Gasteiger partial charge on any atom is 0.339 e. The first-order valence-corrected chi connectivity index (χ1v) is 20.0. The van der Waals surface area contributed by atoms with E-state index in [4.69, 9.17) is 9.73 Å². The van der Waals surface area contributed by atoms with Crippen molar-refractivity contribution in [1.82, 2.24) is 0 Å². The molecule has 0 radical (unpaired) electrons. The Morgan fingerprint density at radius 2 is 1.21 bits per heavy atom. The molecule has 5 aromatic carbocycles. The van der Waals surface area contributed by atoms with Crippen LogP contribution in [0.4, 0.5) is 28.4 Å². The van der Waals surface area contributed by atoms with E-state index in [2.05, 4.69) is 131 Å². The third-order valence-corrected chi connectivity index (χ3v) is 12.0. The van der Waals surface area contributed by atoms with Gasteiger partial charge in [-0.25, -0.2) is 9.79 Å². The molecule has 294 valence electrons. The Balaban J connectivity index is 1.66. The number of anilines is 4. The van der Waals surface area contributed by atoms with Crippen LogP contribution >= 0.6 is 0 Å². The van der Waals surface area contributed by atoms with E-state index in [9.17, 15) is 0 Å². The van der Waals surface area contributed by atoms with Gasteiger partial charge in [0.05, 0.1) is 29.4 Å². The molecular formula is C50H51N5O3. The number of aryl methyl sites for hydroxylation is 9. The van der Waals surface area contributed by atoms with Crippen LogP contribution in [0.3, 0.4) is 0 Å². The van der Waals surface area contributed by atoms with Gasteiger partial charge in [-0.1, -0.05) is 90.5 Å². The molecule has 0 saturated carbocycles. The minimum absolute atomic E-state index is 0.124. The topological polar surface area (TPSA) is 77.5 Å². The van der Waals surface area contributed by atoms with E-state index in [0.29, 0.717) is 22.9 Å². The molecule has 0 unspecified atom stereocenters. The molecule has 0 saturated heterocycles. The number of esters is 1. The van der Waals surface area contributed by atoms with Gasteiger partial charge in [0.2, 0.25) is 0 Å². The highest BCUT2D eigenvalue weighted by atomic mass is 16.5. The van der Waals surface area contributed by atoms with Gasteiger partial charge in [0.15, 0.2) is 11.4 Å². The lowest BCUT2D eigenvalue weighted by Gasteiger charge is -2.39. The van der Waals surface area contributed by atoms with Crippen molar-refractivity contribution in [2.75, 3.05) is 33.7 Å². The van der Waals surface area contributed by atoms with Crippen LogP contribution in [0.1, 0.15) is 62.6 Å². The number of likely N-dealkylation sites (N-methyl/N-ethyl adjacent to an activating group) is 1. The second-order valence-electron chi connectivity index (χ2n) is 16.0. The number of ether oxygens (including phenoxy) is 1. The average Bonchev–Trinajstić information content (AvgIpc) is 3.71. The lowest BCUT2D eigenvalue weighted by Crippen LogP contribution is -2.53. The number of para-hydroxylation sites is 4. The maximum absolute atomic E-state index is 15.8. The number of amides is 1. The van der Waals surface area contributed by atoms with Crippen molar-refractivity contribution in [2.24, 2.45) is 4.99 Å². The normalized spacial score (nSPS) is 17.9. The molecule has 0 aromatic heterocycles. The zero-order valence-corrected chi connectivity index (χ0v) is 35.4. The first kappa shape index (κ1) is 38.5. The molecule has 8 heteroatoms. The number of nitrogens with one attached hydrogen (secondary N) is 1. The van der Waals surface area contributed by atoms with Gasteiger partial charge in [0.1, 0.15) is 11.3 Å². The predicted octanol–water partition coefficient (Wildman–Crippen LogP) is 10.5. The van der Waals surface area contributed by atoms with E-state index in [1.54, 1.807) is 11.9 Å². The Morgan fingerprint density at radius 3 is 1.76 bits per heavy atom. The molecule has 0 aliphatic carbocycles. The van der Waals surface area contributed by atoms with Gasteiger partial charge in [-0.05, 0) is 120 Å². The molecule has 5 aromatic rings. The summed E-state index contributed by atoms with van der Waals surface area (Å²) in [6, 6.07) is 30.9. The van der Waals surface area contributed by atoms with E-state index >= 15 is 9.59 Å². The quantitative estimate of drug-likeness (QED) is 0.166. The lowest BCUT2D eigenvalue weighted by atomic mass is 9.81. The maximum atomic E-state index is 15.8. The highest BCUT2D eigenvalue weighted by Gasteiger charge is 2.68. The summed E-state index contributed by atoms with van der Waals surface area (Å²) in [4.78, 5) is 42.8. The Labute approximate surface area is 342 Å². The highest BCUT2D eigenvalue weighted by molar-refractivity contribution is 6.27. The van der Waals surface area contributed by atoms with Crippen molar-refractivity contribution in [3.63, 3.8) is 0 Å². The van der Waals surface area contributed by atoms with Crippen molar-refractivity contribution in [3.05, 3.63) is 169 Å². The number of aliphatic imine (C=N–C) groups is 1. The summed E-state index contributed by atoms with van der Waals surface area (Å²) in [5.41, 5.74) is 14.4. The first-order chi connectivity index (χ1) is 27.7. The van der Waals surface area contributed by atoms with Gasteiger partial charge in [0, 0.05) is 29.7 Å². The van der Waals surface area contributed by atoms with E-state index < -0.39 is 11.5 Å². The number of carbonyl (C=O) groups is 2. The number of fused-ring (bicyclic) bond motifs is 3. The van der Waals surface area contributed by atoms with Crippen LogP contribution in [-0.2, 0) is 19.9 Å². The van der Waals surface area contributed by atoms with E-state index in [-0.39, 0.29) is 18.1 Å². The monoisotopic (exact) mass is 769 g/mol. The van der Waals surface area contributed by atoms with Crippen molar-refractivity contribution < 1.29 is 14.3 Å². The van der Waals surface area contributed by atoms with Crippen molar-refractivity contribution in [3.8, 4) is 0 Å². The van der Waals surface area contributed by atoms with Crippen LogP contribution in [-0.4, -0.2) is 31.4 Å². The number of hydrogen-bond acceptors (Lipinski definition) is 6. The Kier molecular flexibility index (Phi) is 9.42. The zero-order valence-electron chi connectivity index (χ0n) is 35.4. The molecule has 8 rings (SSSR count). The third kappa shape index (κ3) is 5.52. The smallest absolute Gasteiger partial charge is 0.339 e. The van der Waals surface area contributed by atoms with Gasteiger partial charge >= 0.3 is 5.97 Å². The molecule has 58 heavy (non-hydrogen) atoms. The summed E-state index contributed by atoms with van der Waals surface area (Å²) >= 11 is 0. The van der Waals surface area contributed by atoms with E-state index in [0.717, 1.165) is 84.1 Å². The average molecular weight is 770 g/mol. The number of benzene rings is 5. The number of carbonyl (C=O) groups excluding carboxylic acids is 2. The van der Waals surface area contributed by atoms with Crippen molar-refractivity contribution >= 4 is 46.1 Å². The van der Waals surface area contributed by atoms with Gasteiger partial charge in [0.25, 0.3) is 5.91 Å². The van der Waals surface area contributed by atoms with Crippen LogP contribution in [0.5, 0.6) is 0 Å². The number of nitrogens with zero attached hydrogens (tertiary/aromatic N) is 4. The van der Waals surface area contributed by atoms with Gasteiger partial charge in [-0.15, -0.1) is 0 Å². The standard InChI is InChI=1S/C50H51N5O3/c1-12-58-48(56)39-45-46(55(44-35(9)23-16-24-36(44)10)50(39)37-27-28(2)25-26-38(37)53(11)49(50)57)42(51-40-29(3)17-13-18-30(40)4)47(52-41-31(5)19-14-20-32(41)6)54(45)43-33(7)21-15-22-34(43)8/h13-27,51H,12H2,1-11H3/t50-/m1/s1. The van der Waals surface area contributed by atoms with Crippen LogP contribution in [0, 0.1) is 62.3 Å². The second-order valence-corrected chi connectivity index (χ2v) is 16.0. The van der Waals surface area contributed by atoms with Crippen LogP contribution in [0.2, 0.25) is 0 Å². The fourth-order valence-corrected chi connectivity index (χ4v) is 9.31. The third-order valence-electron chi connectivity index (χ3n) is 12.0. The molecule has 3 aliphatic rings. The highest BCUT2D eigenvalue weighted by Crippen LogP contribution is 2.62. The summed E-state index contributed by atoms with van der Waals surface area (Å²) < 4.78 is 6.12. The molecule has 1 atom stereocenters. The predicted molar refractivity (Wildman–Crippen MR) is 236 cm³/mol. The van der Waals surface area contributed by atoms with Gasteiger partial charge < -0.3 is 19.9 Å². The molecule has 1 N–H and O–H groups in total. The van der Waals surface area contributed by atoms with Gasteiger partial charge in [-0.2, -0.15) is 0 Å². The summed E-state index contributed by atoms with van der Waals surface area (Å²) in [6.45, 7) is 20.6. The van der Waals surface area contributed by atoms with Crippen LogP contribution < -0.4 is 20.0 Å². The second kappa shape index (κ2) is 14.2. The molecule has 0 bridgehead atoms. The van der Waals surface area contributed by atoms with E-state index in [1.165, 1.54) is 0 Å². The molecular weight excluding hydrogens is 719 g/mol. The molecule has 8 nitrogen and oxygen atoms in total. The summed E-state index contributed by atoms with van der Waals surface area (Å²) in [5.74, 6) is -0.191. The van der Waals surface area contributed by atoms with Crippen LogP contribution in [0.25, 0.3) is 0 Å². The fourth-order valence-electron chi connectivity index (χ4n) is 9.31. The first-order valence-electron chi connectivity index (χ1n) is 20.0. The van der Waals surface area contributed by atoms with Crippen molar-refractivity contribution in [1.29, 1.82) is 0 Å². The summed E-state index contributed by atoms with van der Waals surface area (Å²) in [5, 5.41) is 3.95. The molecule has 3 aliphatic heterocycles. The van der Waals surface area contributed by atoms with E-state index in [1.807, 2.05) is 44.2 Å². The van der Waals surface area contributed by atoms with Gasteiger partial charge in [-0.3, -0.25) is 9.69 Å². The van der Waals surface area contributed by atoms with Crippen LogP contribution in [0.15, 0.2) is 119 Å². The fraction of sp³-hybridized carbons (Fsp3) is 0.260. The lowest BCUT2D eigenvalue weighted by molar-refractivity contribution is -0.140. The Hall–Kier alpha value is -6.41.